The van der Waals surface area contributed by atoms with Gasteiger partial charge in [-0.1, -0.05) is 0 Å². The Bertz CT molecular complexity index is 889. The van der Waals surface area contributed by atoms with Gasteiger partial charge < -0.3 is 14.7 Å². The Hall–Kier alpha value is -2.90. The molecule has 3 aromatic heterocycles. The van der Waals surface area contributed by atoms with E-state index in [2.05, 4.69) is 20.4 Å². The molecule has 3 aromatic rings. The SMILES string of the molecule is Cc1cnn(CCNC(=O)c2c(C)oc3nc[nH]c(=O)c23)c1. The summed E-state index contributed by atoms with van der Waals surface area (Å²) in [6, 6.07) is 0. The lowest BCUT2D eigenvalue weighted by molar-refractivity contribution is 0.0952. The molecule has 0 bridgehead atoms. The topological polar surface area (TPSA) is 106 Å². The molecule has 0 atom stereocenters. The van der Waals surface area contributed by atoms with Crippen LogP contribution < -0.4 is 10.9 Å². The van der Waals surface area contributed by atoms with Gasteiger partial charge in [0.25, 0.3) is 11.5 Å². The largest absolute Gasteiger partial charge is 0.442 e. The Morgan fingerprint density at radius 1 is 1.45 bits per heavy atom. The molecule has 114 valence electrons. The lowest BCUT2D eigenvalue weighted by Gasteiger charge is -2.04. The average molecular weight is 301 g/mol. The van der Waals surface area contributed by atoms with Crippen molar-refractivity contribution in [1.29, 1.82) is 0 Å². The zero-order valence-electron chi connectivity index (χ0n) is 12.2. The first-order chi connectivity index (χ1) is 10.6. The first kappa shape index (κ1) is 14.1. The van der Waals surface area contributed by atoms with Gasteiger partial charge in [-0.25, -0.2) is 4.98 Å². The molecule has 0 aliphatic heterocycles. The molecule has 0 aliphatic carbocycles. The van der Waals surface area contributed by atoms with Gasteiger partial charge in [-0.2, -0.15) is 5.10 Å². The van der Waals surface area contributed by atoms with E-state index in [1.54, 1.807) is 17.8 Å². The number of rotatable bonds is 4. The van der Waals surface area contributed by atoms with Crippen LogP contribution in [-0.2, 0) is 6.54 Å². The molecule has 8 heteroatoms. The quantitative estimate of drug-likeness (QED) is 0.740. The van der Waals surface area contributed by atoms with E-state index >= 15 is 0 Å². The zero-order valence-corrected chi connectivity index (χ0v) is 12.2. The second-order valence-electron chi connectivity index (χ2n) is 4.98. The fourth-order valence-electron chi connectivity index (χ4n) is 2.29. The monoisotopic (exact) mass is 301 g/mol. The number of hydrogen-bond acceptors (Lipinski definition) is 5. The van der Waals surface area contributed by atoms with E-state index < -0.39 is 5.56 Å². The van der Waals surface area contributed by atoms with Gasteiger partial charge in [0.2, 0.25) is 5.71 Å². The molecule has 3 rings (SSSR count). The summed E-state index contributed by atoms with van der Waals surface area (Å²) >= 11 is 0. The number of nitrogens with one attached hydrogen (secondary N) is 2. The van der Waals surface area contributed by atoms with Crippen LogP contribution in [0.3, 0.4) is 0 Å². The van der Waals surface area contributed by atoms with Gasteiger partial charge in [-0.3, -0.25) is 14.3 Å². The highest BCUT2D eigenvalue weighted by Crippen LogP contribution is 2.19. The highest BCUT2D eigenvalue weighted by atomic mass is 16.3. The number of aryl methyl sites for hydroxylation is 2. The van der Waals surface area contributed by atoms with Crippen molar-refractivity contribution in [3.8, 4) is 0 Å². The summed E-state index contributed by atoms with van der Waals surface area (Å²) in [7, 11) is 0. The van der Waals surface area contributed by atoms with E-state index in [1.807, 2.05) is 13.1 Å². The van der Waals surface area contributed by atoms with E-state index in [-0.39, 0.29) is 22.6 Å². The van der Waals surface area contributed by atoms with Crippen molar-refractivity contribution in [2.24, 2.45) is 0 Å². The summed E-state index contributed by atoms with van der Waals surface area (Å²) in [5, 5.41) is 7.08. The van der Waals surface area contributed by atoms with E-state index in [9.17, 15) is 9.59 Å². The number of H-pyrrole nitrogens is 1. The predicted molar refractivity (Wildman–Crippen MR) is 78.7 cm³/mol. The zero-order chi connectivity index (χ0) is 15.7. The smallest absolute Gasteiger partial charge is 0.262 e. The molecular formula is C14H15N5O3. The van der Waals surface area contributed by atoms with Crippen LogP contribution in [0.5, 0.6) is 0 Å². The standard InChI is InChI=1S/C14H15N5O3/c1-8-5-18-19(6-8)4-3-15-12(20)10-9(2)22-14-11(10)13(21)16-7-17-14/h5-7H,3-4H2,1-2H3,(H,15,20)(H,16,17,21). The number of carbonyl (C=O) groups is 1. The summed E-state index contributed by atoms with van der Waals surface area (Å²) in [5.74, 6) is 0.00487. The number of fused-ring (bicyclic) bond motifs is 1. The molecule has 8 nitrogen and oxygen atoms in total. The number of furan rings is 1. The van der Waals surface area contributed by atoms with Crippen LogP contribution in [0.2, 0.25) is 0 Å². The number of nitrogens with zero attached hydrogens (tertiary/aromatic N) is 3. The maximum Gasteiger partial charge on any atom is 0.262 e. The predicted octanol–water partition coefficient (Wildman–Crippen LogP) is 0.759. The van der Waals surface area contributed by atoms with E-state index in [0.29, 0.717) is 18.8 Å². The lowest BCUT2D eigenvalue weighted by atomic mass is 10.2. The van der Waals surface area contributed by atoms with Gasteiger partial charge in [0.15, 0.2) is 0 Å². The fourth-order valence-corrected chi connectivity index (χ4v) is 2.29. The number of hydrogen-bond donors (Lipinski definition) is 2. The summed E-state index contributed by atoms with van der Waals surface area (Å²) < 4.78 is 7.10. The maximum atomic E-state index is 12.3. The van der Waals surface area contributed by atoms with Crippen molar-refractivity contribution < 1.29 is 9.21 Å². The Morgan fingerprint density at radius 3 is 3.00 bits per heavy atom. The normalized spacial score (nSPS) is 11.0. The lowest BCUT2D eigenvalue weighted by Crippen LogP contribution is -2.28. The second kappa shape index (κ2) is 5.47. The van der Waals surface area contributed by atoms with Crippen molar-refractivity contribution in [2.75, 3.05) is 6.54 Å². The summed E-state index contributed by atoms with van der Waals surface area (Å²) in [5.41, 5.74) is 1.05. The number of carbonyl (C=O) groups excluding carboxylic acids is 1. The third-order valence-corrected chi connectivity index (χ3v) is 3.29. The Balaban J connectivity index is 1.78. The highest BCUT2D eigenvalue weighted by Gasteiger charge is 2.21. The van der Waals surface area contributed by atoms with Crippen molar-refractivity contribution in [3.05, 3.63) is 46.0 Å². The molecule has 22 heavy (non-hydrogen) atoms. The van der Waals surface area contributed by atoms with Crippen LogP contribution in [0.15, 0.2) is 27.9 Å². The van der Waals surface area contributed by atoms with Crippen molar-refractivity contribution >= 4 is 17.0 Å². The second-order valence-corrected chi connectivity index (χ2v) is 4.98. The van der Waals surface area contributed by atoms with Gasteiger partial charge in [0.1, 0.15) is 11.1 Å². The number of amides is 1. The van der Waals surface area contributed by atoms with Crippen LogP contribution in [0.25, 0.3) is 11.1 Å². The number of aromatic nitrogens is 4. The highest BCUT2D eigenvalue weighted by molar-refractivity contribution is 6.06. The van der Waals surface area contributed by atoms with Gasteiger partial charge >= 0.3 is 0 Å². The van der Waals surface area contributed by atoms with Crippen LogP contribution in [0, 0.1) is 13.8 Å². The molecule has 0 saturated carbocycles. The van der Waals surface area contributed by atoms with E-state index in [4.69, 9.17) is 4.42 Å². The van der Waals surface area contributed by atoms with Crippen molar-refractivity contribution in [1.82, 2.24) is 25.1 Å². The van der Waals surface area contributed by atoms with Gasteiger partial charge in [-0.05, 0) is 19.4 Å². The first-order valence-corrected chi connectivity index (χ1v) is 6.80. The minimum absolute atomic E-state index is 0.161. The molecule has 0 aromatic carbocycles. The Labute approximate surface area is 125 Å². The van der Waals surface area contributed by atoms with E-state index in [1.165, 1.54) is 6.33 Å². The van der Waals surface area contributed by atoms with Gasteiger partial charge in [-0.15, -0.1) is 0 Å². The Kier molecular flexibility index (Phi) is 3.50. The van der Waals surface area contributed by atoms with Crippen molar-refractivity contribution in [2.45, 2.75) is 20.4 Å². The first-order valence-electron chi connectivity index (χ1n) is 6.80. The van der Waals surface area contributed by atoms with E-state index in [0.717, 1.165) is 5.56 Å². The van der Waals surface area contributed by atoms with Crippen LogP contribution >= 0.6 is 0 Å². The van der Waals surface area contributed by atoms with Gasteiger partial charge in [0, 0.05) is 12.7 Å². The third kappa shape index (κ3) is 2.50. The molecule has 1 amide bonds. The molecule has 0 fully saturated rings. The molecule has 2 N–H and O–H groups in total. The average Bonchev–Trinajstić information content (AvgIpc) is 3.02. The minimum Gasteiger partial charge on any atom is -0.442 e. The summed E-state index contributed by atoms with van der Waals surface area (Å²) in [4.78, 5) is 30.5. The maximum absolute atomic E-state index is 12.3. The third-order valence-electron chi connectivity index (χ3n) is 3.29. The van der Waals surface area contributed by atoms with Crippen LogP contribution in [0.4, 0.5) is 0 Å². The minimum atomic E-state index is -0.394. The Morgan fingerprint density at radius 2 is 2.27 bits per heavy atom. The fraction of sp³-hybridized carbons (Fsp3) is 0.286. The molecule has 3 heterocycles. The molecule has 0 unspecified atom stereocenters. The molecular weight excluding hydrogens is 286 g/mol. The number of aromatic amines is 1. The molecule has 0 radical (unpaired) electrons. The van der Waals surface area contributed by atoms with Gasteiger partial charge in [0.05, 0.1) is 24.6 Å². The van der Waals surface area contributed by atoms with Crippen molar-refractivity contribution in [3.63, 3.8) is 0 Å². The molecule has 0 saturated heterocycles. The summed E-state index contributed by atoms with van der Waals surface area (Å²) in [6.45, 7) is 4.52. The molecule has 0 spiro atoms. The van der Waals surface area contributed by atoms with Crippen LogP contribution in [0.1, 0.15) is 21.7 Å². The van der Waals surface area contributed by atoms with Crippen LogP contribution in [-0.4, -0.2) is 32.2 Å². The molecule has 0 aliphatic rings. The summed E-state index contributed by atoms with van der Waals surface area (Å²) in [6.07, 6.45) is 4.88.